The quantitative estimate of drug-likeness (QED) is 0.408. The van der Waals surface area contributed by atoms with Gasteiger partial charge < -0.3 is 15.4 Å². The average Bonchev–Trinajstić information content (AvgIpc) is 2.27. The summed E-state index contributed by atoms with van der Waals surface area (Å²) in [6.07, 6.45) is -4.28. The van der Waals surface area contributed by atoms with E-state index in [1.807, 2.05) is 13.8 Å². The summed E-state index contributed by atoms with van der Waals surface area (Å²) in [6, 6.07) is 0.0953. The second-order valence-corrected chi connectivity index (χ2v) is 4.33. The van der Waals surface area contributed by atoms with E-state index in [0.29, 0.717) is 32.1 Å². The lowest BCUT2D eigenvalue weighted by Crippen LogP contribution is -2.44. The number of hydrogen-bond donors (Lipinski definition) is 2. The fourth-order valence-corrected chi connectivity index (χ4v) is 1.47. The van der Waals surface area contributed by atoms with Crippen LogP contribution in [0.15, 0.2) is 4.99 Å². The molecule has 0 aromatic carbocycles. The van der Waals surface area contributed by atoms with Gasteiger partial charge in [-0.2, -0.15) is 13.2 Å². The number of rotatable bonds is 8. The molecular weight excluding hydrogens is 259 g/mol. The Hall–Kier alpha value is -0.980. The minimum absolute atomic E-state index is 0.0953. The summed E-state index contributed by atoms with van der Waals surface area (Å²) < 4.78 is 40.8. The summed E-state index contributed by atoms with van der Waals surface area (Å²) in [5, 5.41) is 6.16. The molecule has 0 aliphatic carbocycles. The minimum Gasteiger partial charge on any atom is -0.383 e. The molecule has 0 heterocycles. The van der Waals surface area contributed by atoms with Gasteiger partial charge >= 0.3 is 6.18 Å². The topological polar surface area (TPSA) is 45.7 Å². The number of guanidine groups is 1. The van der Waals surface area contributed by atoms with Crippen molar-refractivity contribution in [2.75, 3.05) is 26.8 Å². The lowest BCUT2D eigenvalue weighted by molar-refractivity contribution is -0.135. The number of aliphatic imine (C=N–C) groups is 1. The molecule has 19 heavy (non-hydrogen) atoms. The molecule has 1 atom stereocenters. The number of nitrogens with zero attached hydrogens (tertiary/aromatic N) is 1. The molecule has 0 saturated carbocycles. The molecular formula is C12H24F3N3O. The van der Waals surface area contributed by atoms with Gasteiger partial charge in [0, 0.05) is 32.7 Å². The Morgan fingerprint density at radius 1 is 1.32 bits per heavy atom. The van der Waals surface area contributed by atoms with E-state index in [1.165, 1.54) is 0 Å². The Kier molecular flexibility index (Phi) is 9.38. The molecule has 2 N–H and O–H groups in total. The van der Waals surface area contributed by atoms with Crippen LogP contribution < -0.4 is 10.6 Å². The first-order valence-electron chi connectivity index (χ1n) is 6.49. The van der Waals surface area contributed by atoms with E-state index in [2.05, 4.69) is 15.6 Å². The van der Waals surface area contributed by atoms with Crippen LogP contribution in [0.2, 0.25) is 0 Å². The summed E-state index contributed by atoms with van der Waals surface area (Å²) in [7, 11) is 1.61. The number of nitrogens with one attached hydrogen (secondary N) is 2. The van der Waals surface area contributed by atoms with Crippen LogP contribution in [0.5, 0.6) is 0 Å². The number of hydrogen-bond acceptors (Lipinski definition) is 2. The van der Waals surface area contributed by atoms with Crippen LogP contribution in [0, 0.1) is 0 Å². The van der Waals surface area contributed by atoms with E-state index in [9.17, 15) is 13.2 Å². The zero-order valence-electron chi connectivity index (χ0n) is 11.8. The average molecular weight is 283 g/mol. The third-order valence-electron chi connectivity index (χ3n) is 2.28. The van der Waals surface area contributed by atoms with Crippen LogP contribution in [-0.4, -0.2) is 45.0 Å². The molecule has 0 bridgehead atoms. The smallest absolute Gasteiger partial charge is 0.383 e. The van der Waals surface area contributed by atoms with E-state index in [4.69, 9.17) is 4.74 Å². The van der Waals surface area contributed by atoms with Gasteiger partial charge in [-0.15, -0.1) is 0 Å². The number of halogens is 3. The van der Waals surface area contributed by atoms with Crippen LogP contribution in [0.4, 0.5) is 13.2 Å². The van der Waals surface area contributed by atoms with E-state index in [1.54, 1.807) is 7.11 Å². The molecule has 7 heteroatoms. The van der Waals surface area contributed by atoms with Gasteiger partial charge in [0.25, 0.3) is 0 Å². The standard InChI is InChI=1S/C12H24F3N3O/c1-4-16-11(18-10(2)9-19-3)17-8-6-5-7-12(13,14)15/h10H,4-9H2,1-3H3,(H2,16,17,18). The van der Waals surface area contributed by atoms with Crippen molar-refractivity contribution in [1.82, 2.24) is 10.6 Å². The monoisotopic (exact) mass is 283 g/mol. The van der Waals surface area contributed by atoms with Crippen molar-refractivity contribution in [3.05, 3.63) is 0 Å². The molecule has 0 aromatic heterocycles. The number of ether oxygens (including phenoxy) is 1. The van der Waals surface area contributed by atoms with Gasteiger partial charge in [0.2, 0.25) is 0 Å². The summed E-state index contributed by atoms with van der Waals surface area (Å²) in [5.41, 5.74) is 0. The molecule has 0 rings (SSSR count). The maximum atomic E-state index is 11.9. The Morgan fingerprint density at radius 3 is 2.53 bits per heavy atom. The predicted molar refractivity (Wildman–Crippen MR) is 70.4 cm³/mol. The molecule has 4 nitrogen and oxygen atoms in total. The minimum atomic E-state index is -4.07. The zero-order chi connectivity index (χ0) is 14.7. The molecule has 0 amide bonds. The van der Waals surface area contributed by atoms with Crippen LogP contribution in [0.1, 0.15) is 33.1 Å². The van der Waals surface area contributed by atoms with E-state index >= 15 is 0 Å². The van der Waals surface area contributed by atoms with E-state index in [0.717, 1.165) is 0 Å². The highest BCUT2D eigenvalue weighted by atomic mass is 19.4. The molecule has 0 aliphatic heterocycles. The number of methoxy groups -OCH3 is 1. The van der Waals surface area contributed by atoms with Gasteiger partial charge in [0.1, 0.15) is 0 Å². The van der Waals surface area contributed by atoms with Gasteiger partial charge in [0.15, 0.2) is 5.96 Å². The van der Waals surface area contributed by atoms with Crippen molar-refractivity contribution in [3.8, 4) is 0 Å². The normalized spacial score (nSPS) is 14.3. The Bertz CT molecular complexity index is 257. The van der Waals surface area contributed by atoms with Crippen molar-refractivity contribution >= 4 is 5.96 Å². The molecule has 0 aromatic rings. The Labute approximate surface area is 112 Å². The second-order valence-electron chi connectivity index (χ2n) is 4.33. The van der Waals surface area contributed by atoms with Crippen LogP contribution in [0.25, 0.3) is 0 Å². The molecule has 0 radical (unpaired) electrons. The molecule has 0 spiro atoms. The highest BCUT2D eigenvalue weighted by molar-refractivity contribution is 5.80. The molecule has 114 valence electrons. The van der Waals surface area contributed by atoms with Gasteiger partial charge in [0.05, 0.1) is 6.61 Å². The molecule has 1 unspecified atom stereocenters. The first-order valence-corrected chi connectivity index (χ1v) is 6.49. The first-order chi connectivity index (χ1) is 8.89. The third kappa shape index (κ3) is 11.8. The van der Waals surface area contributed by atoms with Crippen LogP contribution in [0.3, 0.4) is 0 Å². The van der Waals surface area contributed by atoms with Crippen LogP contribution in [-0.2, 0) is 4.74 Å². The summed E-state index contributed by atoms with van der Waals surface area (Å²) in [6.45, 7) is 5.50. The first kappa shape index (κ1) is 18.0. The van der Waals surface area contributed by atoms with Gasteiger partial charge in [-0.25, -0.2) is 0 Å². The van der Waals surface area contributed by atoms with Gasteiger partial charge in [-0.05, 0) is 26.7 Å². The number of alkyl halides is 3. The highest BCUT2D eigenvalue weighted by Gasteiger charge is 2.25. The van der Waals surface area contributed by atoms with E-state index < -0.39 is 12.6 Å². The summed E-state index contributed by atoms with van der Waals surface area (Å²) in [4.78, 5) is 4.23. The van der Waals surface area contributed by atoms with Crippen molar-refractivity contribution in [1.29, 1.82) is 0 Å². The third-order valence-corrected chi connectivity index (χ3v) is 2.28. The fourth-order valence-electron chi connectivity index (χ4n) is 1.47. The van der Waals surface area contributed by atoms with E-state index in [-0.39, 0.29) is 12.5 Å². The maximum absolute atomic E-state index is 11.9. The second kappa shape index (κ2) is 9.89. The molecule has 0 fully saturated rings. The van der Waals surface area contributed by atoms with Crippen molar-refractivity contribution < 1.29 is 17.9 Å². The Balaban J connectivity index is 3.98. The number of unbranched alkanes of at least 4 members (excludes halogenated alkanes) is 1. The maximum Gasteiger partial charge on any atom is 0.389 e. The van der Waals surface area contributed by atoms with Crippen molar-refractivity contribution in [2.45, 2.75) is 45.3 Å². The highest BCUT2D eigenvalue weighted by Crippen LogP contribution is 2.21. The molecule has 0 saturated heterocycles. The lowest BCUT2D eigenvalue weighted by atomic mass is 10.2. The Morgan fingerprint density at radius 2 is 2.00 bits per heavy atom. The van der Waals surface area contributed by atoms with Crippen LogP contribution >= 0.6 is 0 Å². The van der Waals surface area contributed by atoms with Crippen molar-refractivity contribution in [2.24, 2.45) is 4.99 Å². The predicted octanol–water partition coefficient (Wildman–Crippen LogP) is 2.31. The lowest BCUT2D eigenvalue weighted by Gasteiger charge is -2.16. The van der Waals surface area contributed by atoms with Gasteiger partial charge in [-0.3, -0.25) is 4.99 Å². The summed E-state index contributed by atoms with van der Waals surface area (Å²) in [5.74, 6) is 0.610. The fraction of sp³-hybridized carbons (Fsp3) is 0.917. The summed E-state index contributed by atoms with van der Waals surface area (Å²) >= 11 is 0. The SMILES string of the molecule is CCNC(=NCCCCC(F)(F)F)NC(C)COC. The largest absolute Gasteiger partial charge is 0.389 e. The van der Waals surface area contributed by atoms with Crippen molar-refractivity contribution in [3.63, 3.8) is 0 Å². The van der Waals surface area contributed by atoms with Gasteiger partial charge in [-0.1, -0.05) is 0 Å². The zero-order valence-corrected chi connectivity index (χ0v) is 11.8. The molecule has 0 aliphatic rings.